The maximum atomic E-state index is 13.0. The largest absolute Gasteiger partial charge is 0.392 e. The molecule has 7 atom stereocenters. The van der Waals surface area contributed by atoms with Gasteiger partial charge in [0.1, 0.15) is 5.69 Å². The van der Waals surface area contributed by atoms with Gasteiger partial charge in [0.15, 0.2) is 0 Å². The minimum atomic E-state index is -0.612. The summed E-state index contributed by atoms with van der Waals surface area (Å²) in [7, 11) is 0. The standard InChI is InChI=1S/C28H36ClN3O3/c1-17(26(34)31-16-19-8-4-5-9-21(19)29)20-11-13-28(3)14-12-22(18(2)24(28)25(20)33)32-27(35)23-10-6-7-15-30-23/h4-10,15,17-18,20,22,24-25,33H,11-14,16H2,1-3H3,(H,31,34)(H,32,35)/t17-,18-,20-,22-,24+,25-,28+/m0/s1. The third-order valence-corrected chi connectivity index (χ3v) is 8.94. The summed E-state index contributed by atoms with van der Waals surface area (Å²) in [6.45, 7) is 6.66. The lowest BCUT2D eigenvalue weighted by Crippen LogP contribution is -2.58. The average Bonchev–Trinajstić information content (AvgIpc) is 2.85. The second kappa shape index (κ2) is 10.7. The van der Waals surface area contributed by atoms with Crippen molar-refractivity contribution < 1.29 is 14.7 Å². The first-order valence-electron chi connectivity index (χ1n) is 12.6. The highest BCUT2D eigenvalue weighted by Crippen LogP contribution is 2.55. The zero-order chi connectivity index (χ0) is 25.2. The van der Waals surface area contributed by atoms with E-state index in [0.29, 0.717) is 17.3 Å². The van der Waals surface area contributed by atoms with Crippen molar-refractivity contribution in [2.24, 2.45) is 29.1 Å². The van der Waals surface area contributed by atoms with Crippen LogP contribution in [0.4, 0.5) is 0 Å². The highest BCUT2D eigenvalue weighted by Gasteiger charge is 2.53. The van der Waals surface area contributed by atoms with Gasteiger partial charge >= 0.3 is 0 Å². The molecule has 188 valence electrons. The monoisotopic (exact) mass is 497 g/mol. The Hall–Kier alpha value is -2.44. The molecule has 3 N–H and O–H groups in total. The Morgan fingerprint density at radius 3 is 2.60 bits per heavy atom. The molecule has 4 rings (SSSR count). The van der Waals surface area contributed by atoms with Gasteiger partial charge in [-0.15, -0.1) is 0 Å². The molecule has 0 unspecified atom stereocenters. The minimum Gasteiger partial charge on any atom is -0.392 e. The molecule has 2 amide bonds. The van der Waals surface area contributed by atoms with E-state index < -0.39 is 6.10 Å². The fourth-order valence-electron chi connectivity index (χ4n) is 6.42. The van der Waals surface area contributed by atoms with E-state index in [1.807, 2.05) is 31.2 Å². The fourth-order valence-corrected chi connectivity index (χ4v) is 6.62. The van der Waals surface area contributed by atoms with Gasteiger partial charge in [-0.05, 0) is 72.6 Å². The van der Waals surface area contributed by atoms with Crippen molar-refractivity contribution in [3.63, 3.8) is 0 Å². The van der Waals surface area contributed by atoms with Crippen LogP contribution in [0.15, 0.2) is 48.7 Å². The first kappa shape index (κ1) is 25.6. The number of fused-ring (bicyclic) bond motifs is 1. The number of carbonyl (C=O) groups excluding carboxylic acids is 2. The Morgan fingerprint density at radius 1 is 1.17 bits per heavy atom. The first-order chi connectivity index (χ1) is 16.7. The van der Waals surface area contributed by atoms with E-state index in [9.17, 15) is 14.7 Å². The van der Waals surface area contributed by atoms with Gasteiger partial charge in [0, 0.05) is 29.7 Å². The summed E-state index contributed by atoms with van der Waals surface area (Å²) < 4.78 is 0. The molecule has 0 spiro atoms. The highest BCUT2D eigenvalue weighted by atomic mass is 35.5. The molecular weight excluding hydrogens is 462 g/mol. The van der Waals surface area contributed by atoms with E-state index in [0.717, 1.165) is 31.2 Å². The number of hydrogen-bond donors (Lipinski definition) is 3. The van der Waals surface area contributed by atoms with Crippen LogP contribution in [0.1, 0.15) is 62.5 Å². The molecule has 1 heterocycles. The molecule has 0 bridgehead atoms. The lowest BCUT2D eigenvalue weighted by Gasteiger charge is -2.56. The molecule has 2 aliphatic rings. The van der Waals surface area contributed by atoms with Gasteiger partial charge in [0.05, 0.1) is 6.10 Å². The van der Waals surface area contributed by atoms with E-state index in [2.05, 4.69) is 29.5 Å². The van der Waals surface area contributed by atoms with E-state index >= 15 is 0 Å². The van der Waals surface area contributed by atoms with Gasteiger partial charge in [-0.2, -0.15) is 0 Å². The third-order valence-electron chi connectivity index (χ3n) is 8.57. The summed E-state index contributed by atoms with van der Waals surface area (Å²) in [6.07, 6.45) is 4.59. The van der Waals surface area contributed by atoms with Crippen LogP contribution in [0.2, 0.25) is 5.02 Å². The molecule has 1 aromatic heterocycles. The number of carbonyl (C=O) groups is 2. The van der Waals surface area contributed by atoms with E-state index in [-0.39, 0.29) is 46.9 Å². The number of benzene rings is 1. The average molecular weight is 498 g/mol. The summed E-state index contributed by atoms with van der Waals surface area (Å²) in [5.41, 5.74) is 1.27. The van der Waals surface area contributed by atoms with E-state index in [1.54, 1.807) is 24.4 Å². The molecule has 2 aliphatic carbocycles. The topological polar surface area (TPSA) is 91.3 Å². The molecule has 1 aromatic carbocycles. The van der Waals surface area contributed by atoms with Crippen LogP contribution in [0.5, 0.6) is 0 Å². The van der Waals surface area contributed by atoms with Crippen LogP contribution in [-0.2, 0) is 11.3 Å². The molecule has 0 saturated heterocycles. The molecule has 6 nitrogen and oxygen atoms in total. The summed E-state index contributed by atoms with van der Waals surface area (Å²) in [5, 5.41) is 18.4. The van der Waals surface area contributed by atoms with Gasteiger partial charge in [-0.1, -0.05) is 56.6 Å². The lowest BCUT2D eigenvalue weighted by atomic mass is 9.51. The van der Waals surface area contributed by atoms with Crippen LogP contribution in [-0.4, -0.2) is 34.1 Å². The number of hydrogen-bond acceptors (Lipinski definition) is 4. The van der Waals surface area contributed by atoms with E-state index in [4.69, 9.17) is 11.6 Å². The Kier molecular flexibility index (Phi) is 7.82. The van der Waals surface area contributed by atoms with Crippen LogP contribution in [0, 0.1) is 29.1 Å². The molecule has 2 aromatic rings. The van der Waals surface area contributed by atoms with Crippen LogP contribution >= 0.6 is 11.6 Å². The Labute approximate surface area is 212 Å². The first-order valence-corrected chi connectivity index (χ1v) is 13.0. The quantitative estimate of drug-likeness (QED) is 0.543. The Bertz CT molecular complexity index is 1050. The van der Waals surface area contributed by atoms with Crippen LogP contribution in [0.3, 0.4) is 0 Å². The predicted molar refractivity (Wildman–Crippen MR) is 137 cm³/mol. The highest BCUT2D eigenvalue weighted by molar-refractivity contribution is 6.31. The summed E-state index contributed by atoms with van der Waals surface area (Å²) in [5.74, 6) is -0.624. The number of aliphatic hydroxyl groups excluding tert-OH is 1. The molecule has 0 aliphatic heterocycles. The Morgan fingerprint density at radius 2 is 1.89 bits per heavy atom. The number of aliphatic hydroxyl groups is 1. The SMILES string of the molecule is C[C@@H]1[C@@H]2[C@@H](O)[C@H]([C@H](C)C(=O)NCc3ccccc3Cl)CC[C@]2(C)CC[C@@H]1NC(=O)c1ccccn1. The smallest absolute Gasteiger partial charge is 0.270 e. The summed E-state index contributed by atoms with van der Waals surface area (Å²) >= 11 is 6.23. The summed E-state index contributed by atoms with van der Waals surface area (Å²) in [6, 6.07) is 12.7. The van der Waals surface area contributed by atoms with Gasteiger partial charge in [-0.3, -0.25) is 14.6 Å². The summed E-state index contributed by atoms with van der Waals surface area (Å²) in [4.78, 5) is 30.0. The van der Waals surface area contributed by atoms with Crippen molar-refractivity contribution in [3.05, 3.63) is 64.9 Å². The third kappa shape index (κ3) is 5.39. The lowest BCUT2D eigenvalue weighted by molar-refractivity contribution is -0.142. The zero-order valence-corrected chi connectivity index (χ0v) is 21.5. The molecule has 2 fully saturated rings. The number of rotatable bonds is 6. The molecule has 0 radical (unpaired) electrons. The number of nitrogens with one attached hydrogen (secondary N) is 2. The second-order valence-electron chi connectivity index (χ2n) is 10.7. The number of aromatic nitrogens is 1. The minimum absolute atomic E-state index is 0.00264. The Balaban J connectivity index is 1.43. The van der Waals surface area contributed by atoms with Crippen molar-refractivity contribution in [1.82, 2.24) is 15.6 Å². The maximum Gasteiger partial charge on any atom is 0.270 e. The van der Waals surface area contributed by atoms with Crippen molar-refractivity contribution in [2.45, 2.75) is 65.1 Å². The predicted octanol–water partition coefficient (Wildman–Crippen LogP) is 4.61. The fraction of sp³-hybridized carbons (Fsp3) is 0.536. The maximum absolute atomic E-state index is 13.0. The van der Waals surface area contributed by atoms with Crippen molar-refractivity contribution in [2.75, 3.05) is 0 Å². The number of pyridine rings is 1. The van der Waals surface area contributed by atoms with Gasteiger partial charge in [0.25, 0.3) is 5.91 Å². The van der Waals surface area contributed by atoms with E-state index in [1.165, 1.54) is 0 Å². The molecule has 2 saturated carbocycles. The molecule has 35 heavy (non-hydrogen) atoms. The molecule has 7 heteroatoms. The van der Waals surface area contributed by atoms with Gasteiger partial charge in [0.2, 0.25) is 5.91 Å². The van der Waals surface area contributed by atoms with Crippen LogP contribution in [0.25, 0.3) is 0 Å². The number of nitrogens with zero attached hydrogens (tertiary/aromatic N) is 1. The second-order valence-corrected chi connectivity index (χ2v) is 11.1. The van der Waals surface area contributed by atoms with Gasteiger partial charge in [-0.25, -0.2) is 0 Å². The normalized spacial score (nSPS) is 31.2. The number of amides is 2. The van der Waals surface area contributed by atoms with Crippen molar-refractivity contribution >= 4 is 23.4 Å². The zero-order valence-electron chi connectivity index (χ0n) is 20.7. The van der Waals surface area contributed by atoms with Gasteiger partial charge < -0.3 is 15.7 Å². The van der Waals surface area contributed by atoms with Crippen molar-refractivity contribution in [3.8, 4) is 0 Å². The van der Waals surface area contributed by atoms with Crippen molar-refractivity contribution in [1.29, 1.82) is 0 Å². The molecular formula is C28H36ClN3O3. The number of halogens is 1. The van der Waals surface area contributed by atoms with Crippen LogP contribution < -0.4 is 10.6 Å².